The van der Waals surface area contributed by atoms with Crippen LogP contribution in [0.4, 0.5) is 4.39 Å². The van der Waals surface area contributed by atoms with Crippen molar-refractivity contribution >= 4 is 11.9 Å². The molecule has 122 valence electrons. The zero-order chi connectivity index (χ0) is 17.1. The summed E-state index contributed by atoms with van der Waals surface area (Å²) in [4.78, 5) is 29.1. The fourth-order valence-corrected chi connectivity index (χ4v) is 1.93. The molecule has 0 unspecified atom stereocenters. The molecule has 1 atom stereocenters. The van der Waals surface area contributed by atoms with Crippen LogP contribution in [0.1, 0.15) is 23.4 Å². The highest BCUT2D eigenvalue weighted by molar-refractivity contribution is 5.89. The smallest absolute Gasteiger partial charge is 0.379 e. The number of carbonyl (C=O) groups is 2. The van der Waals surface area contributed by atoms with E-state index in [-0.39, 0.29) is 17.5 Å². The van der Waals surface area contributed by atoms with Gasteiger partial charge in [-0.1, -0.05) is 0 Å². The van der Waals surface area contributed by atoms with Gasteiger partial charge in [0.2, 0.25) is 0 Å². The Bertz CT molecular complexity index is 725. The normalized spacial score (nSPS) is 11.9. The Kier molecular flexibility index (Phi) is 4.73. The quantitative estimate of drug-likeness (QED) is 0.795. The molecular weight excluding hydrogens is 303 g/mol. The van der Waals surface area contributed by atoms with Gasteiger partial charge in [-0.2, -0.15) is 0 Å². The van der Waals surface area contributed by atoms with Crippen molar-refractivity contribution in [1.82, 2.24) is 19.7 Å². The summed E-state index contributed by atoms with van der Waals surface area (Å²) in [5.41, 5.74) is 0.563. The number of hydrogen-bond acceptors (Lipinski definition) is 5. The maximum absolute atomic E-state index is 13.0. The molecule has 23 heavy (non-hydrogen) atoms. The van der Waals surface area contributed by atoms with E-state index in [4.69, 9.17) is 4.74 Å². The summed E-state index contributed by atoms with van der Waals surface area (Å²) in [6.07, 6.45) is -0.935. The lowest BCUT2D eigenvalue weighted by Crippen LogP contribution is -2.35. The molecule has 2 aromatic rings. The van der Waals surface area contributed by atoms with Gasteiger partial charge in [-0.05, 0) is 38.1 Å². The number of hydrogen-bond donors (Lipinski definition) is 0. The Morgan fingerprint density at radius 3 is 2.43 bits per heavy atom. The maximum Gasteiger partial charge on any atom is 0.379 e. The largest absolute Gasteiger partial charge is 0.447 e. The molecular formula is C15H17FN4O3. The predicted molar refractivity (Wildman–Crippen MR) is 79.6 cm³/mol. The number of nitrogens with zero attached hydrogens (tertiary/aromatic N) is 4. The summed E-state index contributed by atoms with van der Waals surface area (Å²) in [6, 6.07) is 5.60. The monoisotopic (exact) mass is 320 g/mol. The van der Waals surface area contributed by atoms with Crippen molar-refractivity contribution in [1.29, 1.82) is 0 Å². The van der Waals surface area contributed by atoms with Crippen LogP contribution in [0.15, 0.2) is 24.3 Å². The van der Waals surface area contributed by atoms with E-state index < -0.39 is 12.1 Å². The molecule has 0 aliphatic carbocycles. The molecule has 0 aliphatic heterocycles. The van der Waals surface area contributed by atoms with Gasteiger partial charge in [0.05, 0.1) is 5.69 Å². The number of esters is 1. The first-order valence-corrected chi connectivity index (χ1v) is 6.91. The van der Waals surface area contributed by atoms with Gasteiger partial charge >= 0.3 is 5.97 Å². The average molecular weight is 320 g/mol. The molecule has 0 bridgehead atoms. The molecule has 1 aromatic carbocycles. The highest BCUT2D eigenvalue weighted by Crippen LogP contribution is 2.11. The van der Waals surface area contributed by atoms with E-state index in [2.05, 4.69) is 10.1 Å². The van der Waals surface area contributed by atoms with Crippen molar-refractivity contribution < 1.29 is 18.7 Å². The first-order chi connectivity index (χ1) is 10.8. The van der Waals surface area contributed by atoms with Gasteiger partial charge in [-0.3, -0.25) is 4.79 Å². The van der Waals surface area contributed by atoms with Gasteiger partial charge in [0.15, 0.2) is 6.10 Å². The van der Waals surface area contributed by atoms with Gasteiger partial charge < -0.3 is 9.64 Å². The average Bonchev–Trinajstić information content (AvgIpc) is 2.89. The minimum atomic E-state index is -0.935. The third-order valence-electron chi connectivity index (χ3n) is 3.10. The zero-order valence-electron chi connectivity index (χ0n) is 13.3. The highest BCUT2D eigenvalue weighted by atomic mass is 19.1. The van der Waals surface area contributed by atoms with Gasteiger partial charge in [0, 0.05) is 14.1 Å². The molecule has 1 amide bonds. The Labute approximate surface area is 132 Å². The number of aryl methyl sites for hydroxylation is 1. The third-order valence-corrected chi connectivity index (χ3v) is 3.10. The SMILES string of the molecule is Cc1nc(C(=O)O[C@@H](C)C(=O)N(C)C)nn1-c1ccc(F)cc1. The minimum Gasteiger partial charge on any atom is -0.447 e. The van der Waals surface area contributed by atoms with Crippen LogP contribution in [0.25, 0.3) is 5.69 Å². The molecule has 1 heterocycles. The molecule has 0 fully saturated rings. The van der Waals surface area contributed by atoms with E-state index in [0.717, 1.165) is 0 Å². The zero-order valence-corrected chi connectivity index (χ0v) is 13.3. The van der Waals surface area contributed by atoms with Crippen LogP contribution < -0.4 is 0 Å². The Balaban J connectivity index is 2.18. The second kappa shape index (κ2) is 6.55. The Morgan fingerprint density at radius 2 is 1.87 bits per heavy atom. The topological polar surface area (TPSA) is 77.3 Å². The van der Waals surface area contributed by atoms with Gasteiger partial charge in [0.25, 0.3) is 11.7 Å². The summed E-state index contributed by atoms with van der Waals surface area (Å²) in [5.74, 6) is -1.23. The number of aromatic nitrogens is 3. The second-order valence-corrected chi connectivity index (χ2v) is 5.15. The molecule has 1 aromatic heterocycles. The van der Waals surface area contributed by atoms with Crippen LogP contribution in [0.3, 0.4) is 0 Å². The van der Waals surface area contributed by atoms with Crippen molar-refractivity contribution in [3.8, 4) is 5.69 Å². The van der Waals surface area contributed by atoms with Crippen molar-refractivity contribution in [3.05, 3.63) is 41.7 Å². The molecule has 0 N–H and O–H groups in total. The number of rotatable bonds is 4. The summed E-state index contributed by atoms with van der Waals surface area (Å²) in [6.45, 7) is 3.13. The summed E-state index contributed by atoms with van der Waals surface area (Å²) in [5, 5.41) is 4.05. The number of benzene rings is 1. The van der Waals surface area contributed by atoms with Crippen molar-refractivity contribution in [2.45, 2.75) is 20.0 Å². The first kappa shape index (κ1) is 16.6. The minimum absolute atomic E-state index is 0.162. The standard InChI is InChI=1S/C15H17FN4O3/c1-9(14(21)19(3)4)23-15(22)13-17-10(2)20(18-13)12-7-5-11(16)6-8-12/h5-9H,1-4H3/t9-/m0/s1. The lowest BCUT2D eigenvalue weighted by atomic mass is 10.3. The van der Waals surface area contributed by atoms with Crippen molar-refractivity contribution in [2.24, 2.45) is 0 Å². The lowest BCUT2D eigenvalue weighted by molar-refractivity contribution is -0.137. The Morgan fingerprint density at radius 1 is 1.26 bits per heavy atom. The summed E-state index contributed by atoms with van der Waals surface area (Å²) < 4.78 is 19.4. The highest BCUT2D eigenvalue weighted by Gasteiger charge is 2.23. The second-order valence-electron chi connectivity index (χ2n) is 5.15. The molecule has 0 radical (unpaired) electrons. The lowest BCUT2D eigenvalue weighted by Gasteiger charge is -2.16. The van der Waals surface area contributed by atoms with E-state index >= 15 is 0 Å². The van der Waals surface area contributed by atoms with Crippen LogP contribution in [0.5, 0.6) is 0 Å². The van der Waals surface area contributed by atoms with Crippen LogP contribution in [0, 0.1) is 12.7 Å². The molecule has 0 aliphatic rings. The van der Waals surface area contributed by atoms with Crippen LogP contribution in [-0.4, -0.2) is 51.7 Å². The summed E-state index contributed by atoms with van der Waals surface area (Å²) in [7, 11) is 3.14. The molecule has 0 saturated carbocycles. The number of amides is 1. The van der Waals surface area contributed by atoms with E-state index in [0.29, 0.717) is 11.5 Å². The first-order valence-electron chi connectivity index (χ1n) is 6.91. The fourth-order valence-electron chi connectivity index (χ4n) is 1.93. The molecule has 2 rings (SSSR count). The van der Waals surface area contributed by atoms with Crippen LogP contribution in [-0.2, 0) is 9.53 Å². The molecule has 0 spiro atoms. The summed E-state index contributed by atoms with van der Waals surface area (Å²) >= 11 is 0. The number of likely N-dealkylation sites (N-methyl/N-ethyl adjacent to an activating group) is 1. The van der Waals surface area contributed by atoms with E-state index in [1.54, 1.807) is 21.0 Å². The van der Waals surface area contributed by atoms with E-state index in [1.807, 2.05) is 0 Å². The fraction of sp³-hybridized carbons (Fsp3) is 0.333. The maximum atomic E-state index is 13.0. The number of carbonyl (C=O) groups excluding carboxylic acids is 2. The van der Waals surface area contributed by atoms with Crippen LogP contribution in [0.2, 0.25) is 0 Å². The molecule has 0 saturated heterocycles. The molecule has 7 nitrogen and oxygen atoms in total. The van der Waals surface area contributed by atoms with Gasteiger partial charge in [-0.25, -0.2) is 18.9 Å². The van der Waals surface area contributed by atoms with Crippen molar-refractivity contribution in [2.75, 3.05) is 14.1 Å². The number of ether oxygens (including phenoxy) is 1. The number of halogens is 1. The predicted octanol–water partition coefficient (Wildman–Crippen LogP) is 1.35. The Hall–Kier alpha value is -2.77. The van der Waals surface area contributed by atoms with E-state index in [1.165, 1.54) is 40.8 Å². The van der Waals surface area contributed by atoms with Crippen LogP contribution >= 0.6 is 0 Å². The van der Waals surface area contributed by atoms with E-state index in [9.17, 15) is 14.0 Å². The van der Waals surface area contributed by atoms with Gasteiger partial charge in [-0.15, -0.1) is 5.10 Å². The molecule has 8 heteroatoms. The van der Waals surface area contributed by atoms with Crippen molar-refractivity contribution in [3.63, 3.8) is 0 Å². The third kappa shape index (κ3) is 3.71. The van der Waals surface area contributed by atoms with Gasteiger partial charge in [0.1, 0.15) is 11.6 Å².